The summed E-state index contributed by atoms with van der Waals surface area (Å²) in [6.07, 6.45) is 1.02. The lowest BCUT2D eigenvalue weighted by Gasteiger charge is -2.15. The number of para-hydroxylation sites is 1. The highest BCUT2D eigenvalue weighted by Crippen LogP contribution is 2.29. The van der Waals surface area contributed by atoms with E-state index in [1.807, 2.05) is 25.1 Å². The van der Waals surface area contributed by atoms with E-state index in [4.69, 9.17) is 14.2 Å². The van der Waals surface area contributed by atoms with Gasteiger partial charge in [0.25, 0.3) is 5.91 Å². The van der Waals surface area contributed by atoms with Crippen molar-refractivity contribution in [1.82, 2.24) is 0 Å². The minimum Gasteiger partial charge on any atom is -0.490 e. The summed E-state index contributed by atoms with van der Waals surface area (Å²) in [6, 6.07) is 13.9. The van der Waals surface area contributed by atoms with Gasteiger partial charge in [-0.15, -0.1) is 0 Å². The lowest BCUT2D eigenvalue weighted by molar-refractivity contribution is -0.123. The summed E-state index contributed by atoms with van der Waals surface area (Å²) >= 11 is 0. The smallest absolute Gasteiger partial charge is 0.339 e. The first-order chi connectivity index (χ1) is 13.5. The van der Waals surface area contributed by atoms with Gasteiger partial charge in [-0.2, -0.15) is 0 Å². The van der Waals surface area contributed by atoms with Crippen molar-refractivity contribution in [1.29, 1.82) is 0 Å². The van der Waals surface area contributed by atoms with Crippen LogP contribution in [0.5, 0.6) is 11.5 Å². The number of ether oxygens (including phenoxy) is 3. The number of rotatable bonds is 10. The van der Waals surface area contributed by atoms with Crippen LogP contribution in [0.3, 0.4) is 0 Å². The molecule has 0 aromatic heterocycles. The van der Waals surface area contributed by atoms with E-state index >= 15 is 0 Å². The molecular formula is C22H27NO5. The van der Waals surface area contributed by atoms with Crippen LogP contribution < -0.4 is 14.8 Å². The van der Waals surface area contributed by atoms with E-state index in [2.05, 4.69) is 12.2 Å². The Labute approximate surface area is 165 Å². The summed E-state index contributed by atoms with van der Waals surface area (Å²) in [5, 5.41) is 2.71. The van der Waals surface area contributed by atoms with Crippen molar-refractivity contribution >= 4 is 17.6 Å². The van der Waals surface area contributed by atoms with Crippen molar-refractivity contribution in [3.63, 3.8) is 0 Å². The van der Waals surface area contributed by atoms with E-state index in [-0.39, 0.29) is 0 Å². The molecule has 1 atom stereocenters. The fourth-order valence-corrected chi connectivity index (χ4v) is 2.40. The lowest BCUT2D eigenvalue weighted by atomic mass is 10.2. The molecule has 0 spiro atoms. The number of hydrogen-bond donors (Lipinski definition) is 1. The van der Waals surface area contributed by atoms with E-state index in [1.54, 1.807) is 30.3 Å². The maximum Gasteiger partial charge on any atom is 0.339 e. The molecule has 2 rings (SSSR count). The average molecular weight is 385 g/mol. The molecule has 0 saturated carbocycles. The Morgan fingerprint density at radius 3 is 2.43 bits per heavy atom. The van der Waals surface area contributed by atoms with Crippen LogP contribution in [0.15, 0.2) is 48.5 Å². The highest BCUT2D eigenvalue weighted by Gasteiger charge is 2.20. The number of anilines is 1. The van der Waals surface area contributed by atoms with Gasteiger partial charge in [0, 0.05) is 5.69 Å². The van der Waals surface area contributed by atoms with Gasteiger partial charge in [0.1, 0.15) is 0 Å². The number of nitrogens with one attached hydrogen (secondary N) is 1. The van der Waals surface area contributed by atoms with Crippen molar-refractivity contribution in [2.45, 2.75) is 39.7 Å². The molecule has 0 saturated heterocycles. The molecule has 0 aliphatic rings. The van der Waals surface area contributed by atoms with Gasteiger partial charge >= 0.3 is 5.97 Å². The van der Waals surface area contributed by atoms with Gasteiger partial charge in [0.2, 0.25) is 0 Å². The van der Waals surface area contributed by atoms with E-state index in [1.165, 1.54) is 6.92 Å². The molecule has 6 heteroatoms. The van der Waals surface area contributed by atoms with Gasteiger partial charge in [0.15, 0.2) is 17.6 Å². The summed E-state index contributed by atoms with van der Waals surface area (Å²) < 4.78 is 16.6. The Morgan fingerprint density at radius 1 is 1.00 bits per heavy atom. The fraction of sp³-hybridized carbons (Fsp3) is 0.364. The highest BCUT2D eigenvalue weighted by molar-refractivity contribution is 5.97. The molecular weight excluding hydrogens is 358 g/mol. The second-order valence-electron chi connectivity index (χ2n) is 6.20. The Kier molecular flexibility index (Phi) is 8.34. The van der Waals surface area contributed by atoms with Crippen molar-refractivity contribution in [2.24, 2.45) is 0 Å². The summed E-state index contributed by atoms with van der Waals surface area (Å²) in [5.74, 6) is 0.0667. The van der Waals surface area contributed by atoms with Crippen LogP contribution in [0.1, 0.15) is 44.0 Å². The number of esters is 1. The van der Waals surface area contributed by atoms with Crippen molar-refractivity contribution in [3.8, 4) is 11.5 Å². The Balaban J connectivity index is 2.01. The molecule has 2 aromatic carbocycles. The minimum atomic E-state index is -0.941. The summed E-state index contributed by atoms with van der Waals surface area (Å²) in [4.78, 5) is 24.7. The lowest BCUT2D eigenvalue weighted by Crippen LogP contribution is -2.30. The SMILES string of the molecule is CCCCOc1ccc(C(=O)OC(C)C(=O)Nc2ccccc2)cc1OCC. The number of carbonyl (C=O) groups is 2. The molecule has 0 aliphatic carbocycles. The molecule has 1 N–H and O–H groups in total. The van der Waals surface area contributed by atoms with Gasteiger partial charge in [-0.25, -0.2) is 4.79 Å². The summed E-state index contributed by atoms with van der Waals surface area (Å²) in [7, 11) is 0. The predicted molar refractivity (Wildman–Crippen MR) is 108 cm³/mol. The Bertz CT molecular complexity index is 776. The quantitative estimate of drug-likeness (QED) is 0.483. The van der Waals surface area contributed by atoms with Crippen LogP contribution in [0.2, 0.25) is 0 Å². The third-order valence-corrected chi connectivity index (χ3v) is 3.93. The van der Waals surface area contributed by atoms with Crippen LogP contribution in [0.4, 0.5) is 5.69 Å². The molecule has 0 radical (unpaired) electrons. The minimum absolute atomic E-state index is 0.297. The van der Waals surface area contributed by atoms with Crippen molar-refractivity contribution < 1.29 is 23.8 Å². The van der Waals surface area contributed by atoms with Crippen LogP contribution in [0, 0.1) is 0 Å². The van der Waals surface area contributed by atoms with Gasteiger partial charge in [0.05, 0.1) is 18.8 Å². The topological polar surface area (TPSA) is 73.9 Å². The molecule has 0 fully saturated rings. The van der Waals surface area contributed by atoms with E-state index < -0.39 is 18.0 Å². The number of carbonyl (C=O) groups excluding carboxylic acids is 2. The van der Waals surface area contributed by atoms with Crippen LogP contribution >= 0.6 is 0 Å². The number of unbranched alkanes of at least 4 members (excludes halogenated alkanes) is 1. The molecule has 0 aliphatic heterocycles. The zero-order valence-corrected chi connectivity index (χ0v) is 16.6. The molecule has 1 amide bonds. The Hall–Kier alpha value is -3.02. The second-order valence-corrected chi connectivity index (χ2v) is 6.20. The molecule has 0 heterocycles. The maximum absolute atomic E-state index is 12.4. The second kappa shape index (κ2) is 11.0. The third-order valence-electron chi connectivity index (χ3n) is 3.93. The summed E-state index contributed by atoms with van der Waals surface area (Å²) in [6.45, 7) is 6.50. The largest absolute Gasteiger partial charge is 0.490 e. The predicted octanol–water partition coefficient (Wildman–Crippen LogP) is 4.45. The van der Waals surface area contributed by atoms with Gasteiger partial charge in [-0.05, 0) is 50.6 Å². The first-order valence-corrected chi connectivity index (χ1v) is 9.51. The third kappa shape index (κ3) is 6.30. The molecule has 150 valence electrons. The molecule has 28 heavy (non-hydrogen) atoms. The fourth-order valence-electron chi connectivity index (χ4n) is 2.40. The monoisotopic (exact) mass is 385 g/mol. The highest BCUT2D eigenvalue weighted by atomic mass is 16.5. The molecule has 2 aromatic rings. The number of hydrogen-bond acceptors (Lipinski definition) is 5. The summed E-state index contributed by atoms with van der Waals surface area (Å²) in [5.41, 5.74) is 0.938. The zero-order chi connectivity index (χ0) is 20.4. The first kappa shape index (κ1) is 21.3. The van der Waals surface area contributed by atoms with Gasteiger partial charge in [-0.1, -0.05) is 31.5 Å². The zero-order valence-electron chi connectivity index (χ0n) is 16.6. The van der Waals surface area contributed by atoms with Crippen LogP contribution in [0.25, 0.3) is 0 Å². The number of amides is 1. The standard InChI is InChI=1S/C22H27NO5/c1-4-6-14-27-19-13-12-17(15-20(19)26-5-2)22(25)28-16(3)21(24)23-18-10-8-7-9-11-18/h7-13,15-16H,4-6,14H2,1-3H3,(H,23,24). The van der Waals surface area contributed by atoms with Gasteiger partial charge < -0.3 is 19.5 Å². The van der Waals surface area contributed by atoms with Gasteiger partial charge in [-0.3, -0.25) is 4.79 Å². The molecule has 6 nitrogen and oxygen atoms in total. The van der Waals surface area contributed by atoms with E-state index in [0.29, 0.717) is 36.0 Å². The molecule has 1 unspecified atom stereocenters. The van der Waals surface area contributed by atoms with Crippen LogP contribution in [-0.4, -0.2) is 31.2 Å². The number of benzene rings is 2. The van der Waals surface area contributed by atoms with Crippen LogP contribution in [-0.2, 0) is 9.53 Å². The molecule has 0 bridgehead atoms. The maximum atomic E-state index is 12.4. The normalized spacial score (nSPS) is 11.4. The van der Waals surface area contributed by atoms with Crippen molar-refractivity contribution in [3.05, 3.63) is 54.1 Å². The first-order valence-electron chi connectivity index (χ1n) is 9.51. The van der Waals surface area contributed by atoms with E-state index in [0.717, 1.165) is 12.8 Å². The average Bonchev–Trinajstić information content (AvgIpc) is 2.70. The Morgan fingerprint density at radius 2 is 1.75 bits per heavy atom. The van der Waals surface area contributed by atoms with Crippen molar-refractivity contribution in [2.75, 3.05) is 18.5 Å². The van der Waals surface area contributed by atoms with E-state index in [9.17, 15) is 9.59 Å².